The van der Waals surface area contributed by atoms with Crippen molar-refractivity contribution in [3.63, 3.8) is 0 Å². The van der Waals surface area contributed by atoms with Crippen molar-refractivity contribution in [3.8, 4) is 0 Å². The van der Waals surface area contributed by atoms with E-state index in [-0.39, 0.29) is 12.2 Å². The summed E-state index contributed by atoms with van der Waals surface area (Å²) in [5.41, 5.74) is -1.04. The van der Waals surface area contributed by atoms with Crippen molar-refractivity contribution in [2.24, 2.45) is 4.99 Å². The van der Waals surface area contributed by atoms with Gasteiger partial charge in [-0.1, -0.05) is 47.7 Å². The van der Waals surface area contributed by atoms with Crippen LogP contribution in [0.15, 0.2) is 58.4 Å². The second-order valence-electron chi connectivity index (χ2n) is 8.78. The fourth-order valence-electron chi connectivity index (χ4n) is 3.93. The zero-order valence-corrected chi connectivity index (χ0v) is 22.5. The largest absolute Gasteiger partial charge is 0.463 e. The van der Waals surface area contributed by atoms with Crippen molar-refractivity contribution in [2.45, 2.75) is 68.6 Å². The summed E-state index contributed by atoms with van der Waals surface area (Å²) in [5, 5.41) is 0. The van der Waals surface area contributed by atoms with Gasteiger partial charge in [-0.3, -0.25) is 19.4 Å². The molecule has 0 aliphatic carbocycles. The maximum absolute atomic E-state index is 13.6. The number of aryl methyl sites for hydroxylation is 1. The number of hydrogen-bond donors (Lipinski definition) is 0. The Bertz CT molecular complexity index is 1200. The monoisotopic (exact) mass is 567 g/mol. The van der Waals surface area contributed by atoms with Crippen LogP contribution in [0.1, 0.15) is 37.5 Å². The lowest BCUT2D eigenvalue weighted by molar-refractivity contribution is -0.208. The standard InChI is InChI=1S/C27H28F3NO7S/c1-15-9-11-20(12-10-15)39-26-23(31-13-19-7-5-6-8-21(19)27(28,29)30)25(37-18(4)34)24(36-17(3)33)22(38-26)14-35-16(2)32/h5-13,22-26H,14H2,1-4H3/t22-,23-,24-,25-,26-/m1/s1. The minimum atomic E-state index is -4.63. The van der Waals surface area contributed by atoms with Crippen LogP contribution >= 0.6 is 11.8 Å². The highest BCUT2D eigenvalue weighted by Gasteiger charge is 2.50. The number of carbonyl (C=O) groups excluding carboxylic acids is 3. The van der Waals surface area contributed by atoms with Crippen molar-refractivity contribution in [3.05, 3.63) is 65.2 Å². The molecule has 0 saturated carbocycles. The SMILES string of the molecule is CC(=O)OC[C@H]1O[C@H](Sc2ccc(C)cc2)[C@H](N=Cc2ccccc2C(F)(F)F)[C@@H](OC(C)=O)[C@@H]1OC(C)=O. The highest BCUT2D eigenvalue weighted by molar-refractivity contribution is 7.99. The molecule has 1 heterocycles. The summed E-state index contributed by atoms with van der Waals surface area (Å²) in [4.78, 5) is 40.8. The van der Waals surface area contributed by atoms with Crippen LogP contribution in [0.3, 0.4) is 0 Å². The third-order valence-corrected chi connectivity index (χ3v) is 6.76. The van der Waals surface area contributed by atoms with E-state index < -0.39 is 59.4 Å². The van der Waals surface area contributed by atoms with Crippen LogP contribution in [0.5, 0.6) is 0 Å². The molecule has 3 rings (SSSR count). The van der Waals surface area contributed by atoms with Crippen LogP contribution in [-0.2, 0) is 39.5 Å². The Labute approximate surface area is 227 Å². The molecule has 1 saturated heterocycles. The van der Waals surface area contributed by atoms with Gasteiger partial charge in [0.2, 0.25) is 0 Å². The average molecular weight is 568 g/mol. The van der Waals surface area contributed by atoms with Gasteiger partial charge in [0.1, 0.15) is 24.2 Å². The first-order valence-corrected chi connectivity index (χ1v) is 12.8. The maximum Gasteiger partial charge on any atom is 0.417 e. The topological polar surface area (TPSA) is 100 Å². The van der Waals surface area contributed by atoms with E-state index in [9.17, 15) is 27.6 Å². The Morgan fingerprint density at radius 2 is 1.56 bits per heavy atom. The molecule has 1 fully saturated rings. The normalized spacial score (nSPS) is 23.3. The second-order valence-corrected chi connectivity index (χ2v) is 9.95. The van der Waals surface area contributed by atoms with E-state index in [0.29, 0.717) is 0 Å². The summed E-state index contributed by atoms with van der Waals surface area (Å²) >= 11 is 1.19. The predicted molar refractivity (Wildman–Crippen MR) is 136 cm³/mol. The third-order valence-electron chi connectivity index (χ3n) is 5.59. The van der Waals surface area contributed by atoms with Gasteiger partial charge in [0.15, 0.2) is 12.2 Å². The molecular weight excluding hydrogens is 539 g/mol. The van der Waals surface area contributed by atoms with Gasteiger partial charge in [-0.15, -0.1) is 0 Å². The molecule has 0 unspecified atom stereocenters. The zero-order valence-electron chi connectivity index (χ0n) is 21.6. The van der Waals surface area contributed by atoms with Crippen LogP contribution in [0.25, 0.3) is 0 Å². The zero-order chi connectivity index (χ0) is 28.7. The number of halogens is 3. The fourth-order valence-corrected chi connectivity index (χ4v) is 5.05. The first-order chi connectivity index (χ1) is 18.3. The summed E-state index contributed by atoms with van der Waals surface area (Å²) in [6.07, 6.45) is -7.18. The van der Waals surface area contributed by atoms with E-state index >= 15 is 0 Å². The van der Waals surface area contributed by atoms with Crippen molar-refractivity contribution >= 4 is 35.9 Å². The molecule has 5 atom stereocenters. The van der Waals surface area contributed by atoms with Gasteiger partial charge in [0.25, 0.3) is 0 Å². The smallest absolute Gasteiger partial charge is 0.417 e. The minimum Gasteiger partial charge on any atom is -0.463 e. The van der Waals surface area contributed by atoms with Crippen LogP contribution in [0, 0.1) is 6.92 Å². The Balaban J connectivity index is 2.09. The first kappa shape index (κ1) is 30.2. The molecule has 8 nitrogen and oxygen atoms in total. The van der Waals surface area contributed by atoms with Crippen LogP contribution in [-0.4, -0.2) is 60.5 Å². The van der Waals surface area contributed by atoms with Gasteiger partial charge >= 0.3 is 24.1 Å². The first-order valence-electron chi connectivity index (χ1n) is 11.9. The van der Waals surface area contributed by atoms with Gasteiger partial charge in [-0.25, -0.2) is 0 Å². The molecule has 12 heteroatoms. The van der Waals surface area contributed by atoms with Crippen LogP contribution in [0.2, 0.25) is 0 Å². The quantitative estimate of drug-likeness (QED) is 0.256. The summed E-state index contributed by atoms with van der Waals surface area (Å²) in [6.45, 7) is 5.05. The van der Waals surface area contributed by atoms with Crippen molar-refractivity contribution in [1.82, 2.24) is 0 Å². The molecular formula is C27H28F3NO7S. The molecule has 2 aromatic rings. The molecule has 0 amide bonds. The number of aliphatic imine (C=N–C) groups is 1. The highest BCUT2D eigenvalue weighted by atomic mass is 32.2. The number of esters is 3. The number of rotatable bonds is 8. The van der Waals surface area contributed by atoms with Crippen molar-refractivity contribution < 1.29 is 46.5 Å². The molecule has 2 aromatic carbocycles. The molecule has 0 spiro atoms. The van der Waals surface area contributed by atoms with E-state index in [1.165, 1.54) is 36.9 Å². The van der Waals surface area contributed by atoms with E-state index in [0.717, 1.165) is 36.6 Å². The lowest BCUT2D eigenvalue weighted by atomic mass is 9.97. The minimum absolute atomic E-state index is 0.211. The van der Waals surface area contributed by atoms with Gasteiger partial charge < -0.3 is 18.9 Å². The van der Waals surface area contributed by atoms with Crippen molar-refractivity contribution in [2.75, 3.05) is 6.61 Å². The Morgan fingerprint density at radius 1 is 0.949 bits per heavy atom. The van der Waals surface area contributed by atoms with E-state index in [1.54, 1.807) is 0 Å². The van der Waals surface area contributed by atoms with E-state index in [4.69, 9.17) is 18.9 Å². The van der Waals surface area contributed by atoms with Gasteiger partial charge in [-0.2, -0.15) is 13.2 Å². The molecule has 0 N–H and O–H groups in total. The van der Waals surface area contributed by atoms with Crippen LogP contribution < -0.4 is 0 Å². The number of hydrogen-bond acceptors (Lipinski definition) is 9. The Morgan fingerprint density at radius 3 is 2.15 bits per heavy atom. The van der Waals surface area contributed by atoms with Gasteiger partial charge in [-0.05, 0) is 25.1 Å². The molecule has 210 valence electrons. The summed E-state index contributed by atoms with van der Waals surface area (Å²) in [5.74, 6) is -2.08. The maximum atomic E-state index is 13.6. The third kappa shape index (κ3) is 8.56. The lowest BCUT2D eigenvalue weighted by Gasteiger charge is -2.43. The number of benzene rings is 2. The Hall–Kier alpha value is -3.38. The highest BCUT2D eigenvalue weighted by Crippen LogP contribution is 2.38. The fraction of sp³-hybridized carbons (Fsp3) is 0.407. The Kier molecular flexibility index (Phi) is 10.1. The second kappa shape index (κ2) is 13.1. The van der Waals surface area contributed by atoms with Crippen molar-refractivity contribution in [1.29, 1.82) is 0 Å². The molecule has 0 aromatic heterocycles. The van der Waals surface area contributed by atoms with E-state index in [2.05, 4.69) is 4.99 Å². The number of alkyl halides is 3. The number of ether oxygens (including phenoxy) is 4. The summed E-state index contributed by atoms with van der Waals surface area (Å²) in [7, 11) is 0. The number of thioether (sulfide) groups is 1. The molecule has 0 radical (unpaired) electrons. The summed E-state index contributed by atoms with van der Waals surface area (Å²) in [6, 6.07) is 11.1. The van der Waals surface area contributed by atoms with Crippen LogP contribution in [0.4, 0.5) is 13.2 Å². The molecule has 1 aliphatic heterocycles. The number of carbonyl (C=O) groups is 3. The lowest BCUT2D eigenvalue weighted by Crippen LogP contribution is -2.60. The predicted octanol–water partition coefficient (Wildman–Crippen LogP) is 4.75. The summed E-state index contributed by atoms with van der Waals surface area (Å²) < 4.78 is 63.1. The average Bonchev–Trinajstić information content (AvgIpc) is 2.84. The molecule has 1 aliphatic rings. The number of nitrogens with zero attached hydrogens (tertiary/aromatic N) is 1. The molecule has 0 bridgehead atoms. The van der Waals surface area contributed by atoms with Gasteiger partial charge in [0, 0.05) is 37.4 Å². The van der Waals surface area contributed by atoms with E-state index in [1.807, 2.05) is 31.2 Å². The molecule has 39 heavy (non-hydrogen) atoms. The van der Waals surface area contributed by atoms with Gasteiger partial charge in [0.05, 0.1) is 5.56 Å².